The lowest BCUT2D eigenvalue weighted by atomic mass is 9.99. The number of rotatable bonds is 6. The Morgan fingerprint density at radius 1 is 1.38 bits per heavy atom. The lowest BCUT2D eigenvalue weighted by molar-refractivity contribution is 0.0914. The highest BCUT2D eigenvalue weighted by atomic mass is 35.5. The number of carbonyl (C=O) groups is 1. The highest BCUT2D eigenvalue weighted by molar-refractivity contribution is 7.12. The molecule has 0 saturated heterocycles. The van der Waals surface area contributed by atoms with Crippen molar-refractivity contribution in [1.82, 2.24) is 15.5 Å². The van der Waals surface area contributed by atoms with Gasteiger partial charge in [0.05, 0.1) is 4.88 Å². The van der Waals surface area contributed by atoms with Crippen LogP contribution >= 0.6 is 22.9 Å². The maximum atomic E-state index is 12.5. The minimum atomic E-state index is -0.350. The van der Waals surface area contributed by atoms with E-state index >= 15 is 0 Å². The van der Waals surface area contributed by atoms with Crippen molar-refractivity contribution in [1.29, 1.82) is 0 Å². The topological polar surface area (TPSA) is 68.0 Å². The Balaban J connectivity index is 1.86. The van der Waals surface area contributed by atoms with Gasteiger partial charge in [-0.3, -0.25) is 4.79 Å². The first-order valence-electron chi connectivity index (χ1n) is 8.44. The van der Waals surface area contributed by atoms with Crippen molar-refractivity contribution in [2.75, 3.05) is 0 Å². The van der Waals surface area contributed by atoms with Gasteiger partial charge in [-0.2, -0.15) is 4.98 Å². The number of halogens is 1. The summed E-state index contributed by atoms with van der Waals surface area (Å²) in [5.41, 5.74) is 1.77. The number of amides is 1. The molecule has 1 N–H and O–H groups in total. The molecule has 0 aliphatic carbocycles. The Bertz CT molecular complexity index is 892. The van der Waals surface area contributed by atoms with Crippen molar-refractivity contribution in [3.8, 4) is 11.4 Å². The SMILES string of the molecule is CC[C@H](C)[C@H](NC(=O)c1cccs1)c1nc(-c2ccc(C)c(Cl)c2)no1. The van der Waals surface area contributed by atoms with Gasteiger partial charge in [-0.1, -0.05) is 55.2 Å². The fourth-order valence-electron chi connectivity index (χ4n) is 2.51. The van der Waals surface area contributed by atoms with Crippen molar-refractivity contribution < 1.29 is 9.32 Å². The monoisotopic (exact) mass is 389 g/mol. The van der Waals surface area contributed by atoms with Crippen molar-refractivity contribution in [2.45, 2.75) is 33.2 Å². The van der Waals surface area contributed by atoms with Crippen LogP contribution in [-0.2, 0) is 0 Å². The minimum Gasteiger partial charge on any atom is -0.339 e. The van der Waals surface area contributed by atoms with Crippen LogP contribution in [0.4, 0.5) is 0 Å². The van der Waals surface area contributed by atoms with Gasteiger partial charge in [0, 0.05) is 10.6 Å². The summed E-state index contributed by atoms with van der Waals surface area (Å²) in [6.45, 7) is 6.05. The largest absolute Gasteiger partial charge is 0.339 e. The molecule has 0 radical (unpaired) electrons. The van der Waals surface area contributed by atoms with Gasteiger partial charge >= 0.3 is 0 Å². The van der Waals surface area contributed by atoms with E-state index in [-0.39, 0.29) is 17.9 Å². The van der Waals surface area contributed by atoms with Crippen LogP contribution in [0, 0.1) is 12.8 Å². The van der Waals surface area contributed by atoms with Crippen LogP contribution in [0.3, 0.4) is 0 Å². The van der Waals surface area contributed by atoms with Gasteiger partial charge < -0.3 is 9.84 Å². The van der Waals surface area contributed by atoms with E-state index in [2.05, 4.69) is 22.4 Å². The molecule has 136 valence electrons. The van der Waals surface area contributed by atoms with E-state index in [1.54, 1.807) is 6.07 Å². The summed E-state index contributed by atoms with van der Waals surface area (Å²) in [5, 5.41) is 9.62. The maximum absolute atomic E-state index is 12.5. The molecule has 0 fully saturated rings. The maximum Gasteiger partial charge on any atom is 0.262 e. The normalized spacial score (nSPS) is 13.4. The van der Waals surface area contributed by atoms with E-state index in [9.17, 15) is 4.79 Å². The number of aryl methyl sites for hydroxylation is 1. The first kappa shape index (κ1) is 18.6. The van der Waals surface area contributed by atoms with E-state index in [1.165, 1.54) is 11.3 Å². The zero-order valence-corrected chi connectivity index (χ0v) is 16.4. The van der Waals surface area contributed by atoms with Crippen LogP contribution in [0.1, 0.15) is 47.4 Å². The van der Waals surface area contributed by atoms with Gasteiger partial charge in [0.2, 0.25) is 11.7 Å². The van der Waals surface area contributed by atoms with Gasteiger partial charge in [-0.25, -0.2) is 0 Å². The second-order valence-corrected chi connectivity index (χ2v) is 7.59. The van der Waals surface area contributed by atoms with Gasteiger partial charge in [0.1, 0.15) is 6.04 Å². The Labute approximate surface area is 161 Å². The van der Waals surface area contributed by atoms with Gasteiger partial charge in [0.15, 0.2) is 0 Å². The molecule has 0 spiro atoms. The lowest BCUT2D eigenvalue weighted by Crippen LogP contribution is -2.32. The molecular formula is C19H20ClN3O2S. The van der Waals surface area contributed by atoms with Gasteiger partial charge in [-0.05, 0) is 35.9 Å². The standard InChI is InChI=1S/C19H20ClN3O2S/c1-4-11(2)16(21-18(24)15-6-5-9-26-15)19-22-17(23-25-19)13-8-7-12(3)14(20)10-13/h5-11,16H,4H2,1-3H3,(H,21,24)/t11-,16-/m0/s1. The molecule has 2 heterocycles. The molecule has 0 bridgehead atoms. The summed E-state index contributed by atoms with van der Waals surface area (Å²) in [4.78, 5) is 17.6. The molecule has 1 amide bonds. The van der Waals surface area contributed by atoms with Crippen LogP contribution in [0.5, 0.6) is 0 Å². The number of aromatic nitrogens is 2. The van der Waals surface area contributed by atoms with E-state index in [1.807, 2.05) is 43.5 Å². The molecule has 2 atom stereocenters. The molecule has 0 aliphatic rings. The van der Waals surface area contributed by atoms with Crippen molar-refractivity contribution in [3.05, 3.63) is 57.1 Å². The third-order valence-electron chi connectivity index (χ3n) is 4.38. The van der Waals surface area contributed by atoms with Gasteiger partial charge in [0.25, 0.3) is 5.91 Å². The quantitative estimate of drug-likeness (QED) is 0.622. The highest BCUT2D eigenvalue weighted by Crippen LogP contribution is 2.28. The fraction of sp³-hybridized carbons (Fsp3) is 0.316. The van der Waals surface area contributed by atoms with Crippen LogP contribution < -0.4 is 5.32 Å². The molecule has 7 heteroatoms. The second kappa shape index (κ2) is 8.01. The molecule has 3 rings (SSSR count). The lowest BCUT2D eigenvalue weighted by Gasteiger charge is -2.20. The summed E-state index contributed by atoms with van der Waals surface area (Å²) < 4.78 is 5.48. The van der Waals surface area contributed by atoms with E-state index < -0.39 is 0 Å². The Morgan fingerprint density at radius 3 is 2.85 bits per heavy atom. The van der Waals surface area contributed by atoms with E-state index in [0.717, 1.165) is 17.5 Å². The number of carbonyl (C=O) groups excluding carboxylic acids is 1. The number of thiophene rings is 1. The summed E-state index contributed by atoms with van der Waals surface area (Å²) in [7, 11) is 0. The highest BCUT2D eigenvalue weighted by Gasteiger charge is 2.27. The molecule has 0 saturated carbocycles. The predicted octanol–water partition coefficient (Wildman–Crippen LogP) is 5.28. The minimum absolute atomic E-state index is 0.136. The van der Waals surface area contributed by atoms with Crippen molar-refractivity contribution >= 4 is 28.8 Å². The third-order valence-corrected chi connectivity index (χ3v) is 5.66. The molecule has 1 aromatic carbocycles. The van der Waals surface area contributed by atoms with E-state index in [4.69, 9.17) is 16.1 Å². The summed E-state index contributed by atoms with van der Waals surface area (Å²) in [6.07, 6.45) is 0.865. The second-order valence-electron chi connectivity index (χ2n) is 6.23. The molecule has 0 aliphatic heterocycles. The zero-order chi connectivity index (χ0) is 18.7. The van der Waals surface area contributed by atoms with Crippen molar-refractivity contribution in [2.24, 2.45) is 5.92 Å². The number of nitrogens with one attached hydrogen (secondary N) is 1. The van der Waals surface area contributed by atoms with Crippen LogP contribution in [0.2, 0.25) is 5.02 Å². The average molecular weight is 390 g/mol. The first-order valence-corrected chi connectivity index (χ1v) is 9.69. The molecule has 26 heavy (non-hydrogen) atoms. The number of benzene rings is 1. The van der Waals surface area contributed by atoms with Crippen LogP contribution in [-0.4, -0.2) is 16.0 Å². The summed E-state index contributed by atoms with van der Waals surface area (Å²) in [6, 6.07) is 8.92. The Kier molecular flexibility index (Phi) is 5.74. The van der Waals surface area contributed by atoms with Crippen molar-refractivity contribution in [3.63, 3.8) is 0 Å². The number of hydrogen-bond donors (Lipinski definition) is 1. The Hall–Kier alpha value is -2.18. The van der Waals surface area contributed by atoms with Gasteiger partial charge in [-0.15, -0.1) is 11.3 Å². The summed E-state index contributed by atoms with van der Waals surface area (Å²) in [5.74, 6) is 0.869. The third kappa shape index (κ3) is 3.97. The van der Waals surface area contributed by atoms with Crippen LogP contribution in [0.25, 0.3) is 11.4 Å². The van der Waals surface area contributed by atoms with Crippen LogP contribution in [0.15, 0.2) is 40.2 Å². The molecule has 0 unspecified atom stereocenters. The molecule has 2 aromatic heterocycles. The summed E-state index contributed by atoms with van der Waals surface area (Å²) >= 11 is 7.59. The average Bonchev–Trinajstić information content (AvgIpc) is 3.33. The molecule has 3 aromatic rings. The first-order chi connectivity index (χ1) is 12.5. The van der Waals surface area contributed by atoms with E-state index in [0.29, 0.717) is 21.6 Å². The zero-order valence-electron chi connectivity index (χ0n) is 14.8. The predicted molar refractivity (Wildman–Crippen MR) is 103 cm³/mol. The Morgan fingerprint density at radius 2 is 2.19 bits per heavy atom. The molecule has 5 nitrogen and oxygen atoms in total. The smallest absolute Gasteiger partial charge is 0.262 e. The fourth-order valence-corrected chi connectivity index (χ4v) is 3.32. The number of nitrogens with zero attached hydrogens (tertiary/aromatic N) is 2. The molecular weight excluding hydrogens is 370 g/mol. The number of hydrogen-bond acceptors (Lipinski definition) is 5.